The van der Waals surface area contributed by atoms with Crippen LogP contribution in [0.2, 0.25) is 0 Å². The van der Waals surface area contributed by atoms with Crippen molar-refractivity contribution in [3.05, 3.63) is 70.5 Å². The molecule has 0 aliphatic carbocycles. The van der Waals surface area contributed by atoms with Crippen LogP contribution < -0.4 is 10.6 Å². The maximum absolute atomic E-state index is 13.0. The Morgan fingerprint density at radius 1 is 1.07 bits per heavy atom. The third-order valence-electron chi connectivity index (χ3n) is 4.13. The largest absolute Gasteiger partial charge is 0.332 e. The number of carbonyl (C=O) groups excluding carboxylic acids is 1. The lowest BCUT2D eigenvalue weighted by Gasteiger charge is -2.06. The first kappa shape index (κ1) is 19.0. The van der Waals surface area contributed by atoms with Gasteiger partial charge in [0.15, 0.2) is 5.13 Å². The summed E-state index contributed by atoms with van der Waals surface area (Å²) in [5, 5.41) is 6.62. The summed E-state index contributed by atoms with van der Waals surface area (Å²) in [6.45, 7) is 3.97. The summed E-state index contributed by atoms with van der Waals surface area (Å²) in [5.41, 5.74) is 3.41. The molecule has 3 rings (SSSR count). The molecule has 2 N–H and O–H groups in total. The van der Waals surface area contributed by atoms with Crippen LogP contribution in [0.3, 0.4) is 0 Å². The first-order valence-corrected chi connectivity index (χ1v) is 9.77. The van der Waals surface area contributed by atoms with E-state index in [0.29, 0.717) is 15.7 Å². The van der Waals surface area contributed by atoms with Crippen LogP contribution in [0.5, 0.6) is 0 Å². The van der Waals surface area contributed by atoms with Crippen LogP contribution in [0.25, 0.3) is 0 Å². The molecule has 0 spiro atoms. The van der Waals surface area contributed by atoms with E-state index in [2.05, 4.69) is 22.5 Å². The summed E-state index contributed by atoms with van der Waals surface area (Å²) < 4.78 is 13.0. The normalized spacial score (nSPS) is 10.6. The minimum Gasteiger partial charge on any atom is -0.332 e. The van der Waals surface area contributed by atoms with E-state index >= 15 is 0 Å². The highest BCUT2D eigenvalue weighted by molar-refractivity contribution is 7.17. The van der Waals surface area contributed by atoms with E-state index in [9.17, 15) is 9.18 Å². The molecule has 6 heteroatoms. The highest BCUT2D eigenvalue weighted by Gasteiger charge is 2.15. The van der Waals surface area contributed by atoms with Crippen molar-refractivity contribution < 1.29 is 9.18 Å². The molecule has 0 saturated carbocycles. The molecule has 0 fully saturated rings. The number of rotatable bonds is 7. The number of carbonyl (C=O) groups is 1. The SMILES string of the molecule is CCCCc1ccc(NC(=O)c2sc(Nc3ccc(F)cc3)nc2C)cc1. The number of halogens is 1. The molecule has 0 saturated heterocycles. The van der Waals surface area contributed by atoms with Crippen LogP contribution in [-0.2, 0) is 6.42 Å². The van der Waals surface area contributed by atoms with Crippen molar-refractivity contribution in [2.24, 2.45) is 0 Å². The maximum atomic E-state index is 13.0. The fourth-order valence-electron chi connectivity index (χ4n) is 2.64. The number of hydrogen-bond acceptors (Lipinski definition) is 4. The molecule has 0 bridgehead atoms. The Kier molecular flexibility index (Phi) is 6.19. The van der Waals surface area contributed by atoms with Gasteiger partial charge in [0.2, 0.25) is 0 Å². The van der Waals surface area contributed by atoms with E-state index in [0.717, 1.165) is 30.6 Å². The molecular formula is C21H22FN3OS. The highest BCUT2D eigenvalue weighted by atomic mass is 32.1. The van der Waals surface area contributed by atoms with E-state index < -0.39 is 0 Å². The molecule has 2 aromatic carbocycles. The van der Waals surface area contributed by atoms with E-state index in [1.807, 2.05) is 24.3 Å². The van der Waals surface area contributed by atoms with Gasteiger partial charge in [-0.2, -0.15) is 0 Å². The van der Waals surface area contributed by atoms with Gasteiger partial charge in [-0.05, 0) is 61.7 Å². The van der Waals surface area contributed by atoms with Gasteiger partial charge in [0.25, 0.3) is 5.91 Å². The average Bonchev–Trinajstić information content (AvgIpc) is 3.03. The molecule has 0 atom stereocenters. The summed E-state index contributed by atoms with van der Waals surface area (Å²) in [6, 6.07) is 14.0. The Labute approximate surface area is 162 Å². The van der Waals surface area contributed by atoms with Gasteiger partial charge in [0.1, 0.15) is 10.7 Å². The molecule has 27 heavy (non-hydrogen) atoms. The molecular weight excluding hydrogens is 361 g/mol. The van der Waals surface area contributed by atoms with E-state index in [-0.39, 0.29) is 11.7 Å². The fourth-order valence-corrected chi connectivity index (χ4v) is 3.52. The lowest BCUT2D eigenvalue weighted by atomic mass is 10.1. The van der Waals surface area contributed by atoms with Crippen LogP contribution in [0, 0.1) is 12.7 Å². The number of thiazole rings is 1. The zero-order chi connectivity index (χ0) is 19.2. The minimum atomic E-state index is -0.295. The quantitative estimate of drug-likeness (QED) is 0.532. The molecule has 1 heterocycles. The summed E-state index contributed by atoms with van der Waals surface area (Å²) in [5.74, 6) is -0.477. The zero-order valence-corrected chi connectivity index (χ0v) is 16.2. The number of anilines is 3. The molecule has 0 radical (unpaired) electrons. The Bertz CT molecular complexity index is 904. The van der Waals surface area contributed by atoms with Gasteiger partial charge < -0.3 is 10.6 Å². The number of aryl methyl sites for hydroxylation is 2. The number of amides is 1. The molecule has 1 amide bonds. The zero-order valence-electron chi connectivity index (χ0n) is 15.4. The second-order valence-electron chi connectivity index (χ2n) is 6.32. The van der Waals surface area contributed by atoms with Crippen molar-refractivity contribution in [2.45, 2.75) is 33.1 Å². The number of hydrogen-bond donors (Lipinski definition) is 2. The van der Waals surface area contributed by atoms with Crippen molar-refractivity contribution in [3.63, 3.8) is 0 Å². The minimum absolute atomic E-state index is 0.182. The van der Waals surface area contributed by atoms with Gasteiger partial charge in [0.05, 0.1) is 5.69 Å². The topological polar surface area (TPSA) is 54.0 Å². The lowest BCUT2D eigenvalue weighted by Crippen LogP contribution is -2.11. The Balaban J connectivity index is 1.66. The number of benzene rings is 2. The summed E-state index contributed by atoms with van der Waals surface area (Å²) in [6.07, 6.45) is 3.38. The predicted molar refractivity (Wildman–Crippen MR) is 110 cm³/mol. The maximum Gasteiger partial charge on any atom is 0.267 e. The molecule has 0 unspecified atom stereocenters. The first-order valence-electron chi connectivity index (χ1n) is 8.95. The van der Waals surface area contributed by atoms with Gasteiger partial charge in [-0.15, -0.1) is 0 Å². The number of nitrogens with zero attached hydrogens (tertiary/aromatic N) is 1. The second-order valence-corrected chi connectivity index (χ2v) is 7.32. The molecule has 140 valence electrons. The average molecular weight is 383 g/mol. The van der Waals surface area contributed by atoms with Crippen molar-refractivity contribution in [3.8, 4) is 0 Å². The first-order chi connectivity index (χ1) is 13.0. The molecule has 0 aliphatic heterocycles. The highest BCUT2D eigenvalue weighted by Crippen LogP contribution is 2.26. The van der Waals surface area contributed by atoms with Gasteiger partial charge in [0, 0.05) is 11.4 Å². The summed E-state index contributed by atoms with van der Waals surface area (Å²) >= 11 is 1.27. The third-order valence-corrected chi connectivity index (χ3v) is 5.20. The van der Waals surface area contributed by atoms with Gasteiger partial charge in [-0.1, -0.05) is 36.8 Å². The fraction of sp³-hybridized carbons (Fsp3) is 0.238. The van der Waals surface area contributed by atoms with Gasteiger partial charge in [-0.3, -0.25) is 4.79 Å². The van der Waals surface area contributed by atoms with Crippen LogP contribution in [-0.4, -0.2) is 10.9 Å². The molecule has 1 aromatic heterocycles. The van der Waals surface area contributed by atoms with Crippen LogP contribution >= 0.6 is 11.3 Å². The van der Waals surface area contributed by atoms with Crippen LogP contribution in [0.1, 0.15) is 40.7 Å². The molecule has 3 aromatic rings. The van der Waals surface area contributed by atoms with E-state index in [1.54, 1.807) is 19.1 Å². The number of unbranched alkanes of at least 4 members (excludes halogenated alkanes) is 1. The third kappa shape index (κ3) is 5.14. The lowest BCUT2D eigenvalue weighted by molar-refractivity contribution is 0.103. The Morgan fingerprint density at radius 3 is 2.41 bits per heavy atom. The standard InChI is InChI=1S/C21H22FN3OS/c1-3-4-5-15-6-10-17(11-7-15)24-20(26)19-14(2)23-21(27-19)25-18-12-8-16(22)9-13-18/h6-13H,3-5H2,1-2H3,(H,23,25)(H,24,26). The van der Waals surface area contributed by atoms with Gasteiger partial charge >= 0.3 is 0 Å². The van der Waals surface area contributed by atoms with E-state index in [4.69, 9.17) is 0 Å². The number of nitrogens with one attached hydrogen (secondary N) is 2. The van der Waals surface area contributed by atoms with E-state index in [1.165, 1.54) is 29.0 Å². The van der Waals surface area contributed by atoms with Crippen molar-refractivity contribution in [1.29, 1.82) is 0 Å². The summed E-state index contributed by atoms with van der Waals surface area (Å²) in [4.78, 5) is 17.5. The smallest absolute Gasteiger partial charge is 0.267 e. The molecule has 0 aliphatic rings. The monoisotopic (exact) mass is 383 g/mol. The Hall–Kier alpha value is -2.73. The number of aromatic nitrogens is 1. The Morgan fingerprint density at radius 2 is 1.74 bits per heavy atom. The van der Waals surface area contributed by atoms with Crippen LogP contribution in [0.15, 0.2) is 48.5 Å². The van der Waals surface area contributed by atoms with Crippen LogP contribution in [0.4, 0.5) is 20.9 Å². The van der Waals surface area contributed by atoms with Crippen molar-refractivity contribution >= 4 is 33.8 Å². The second kappa shape index (κ2) is 8.77. The molecule has 4 nitrogen and oxygen atoms in total. The van der Waals surface area contributed by atoms with Gasteiger partial charge in [-0.25, -0.2) is 9.37 Å². The predicted octanol–water partition coefficient (Wildman–Crippen LogP) is 5.93. The van der Waals surface area contributed by atoms with Crippen molar-refractivity contribution in [1.82, 2.24) is 4.98 Å². The summed E-state index contributed by atoms with van der Waals surface area (Å²) in [7, 11) is 0. The van der Waals surface area contributed by atoms with Crippen molar-refractivity contribution in [2.75, 3.05) is 10.6 Å².